The van der Waals surface area contributed by atoms with Gasteiger partial charge >= 0.3 is 0 Å². The first-order chi connectivity index (χ1) is 11.2. The van der Waals surface area contributed by atoms with Crippen LogP contribution in [0, 0.1) is 0 Å². The van der Waals surface area contributed by atoms with Crippen LogP contribution in [0.15, 0.2) is 36.4 Å². The van der Waals surface area contributed by atoms with E-state index in [4.69, 9.17) is 11.6 Å². The minimum Gasteiger partial charge on any atom is -0.392 e. The molecule has 2 saturated heterocycles. The van der Waals surface area contributed by atoms with Gasteiger partial charge in [-0.05, 0) is 24.6 Å². The Morgan fingerprint density at radius 1 is 1.04 bits per heavy atom. The van der Waals surface area contributed by atoms with Gasteiger partial charge < -0.3 is 10.0 Å². The first-order valence-electron chi connectivity index (χ1n) is 7.96. The van der Waals surface area contributed by atoms with Crippen molar-refractivity contribution in [3.8, 4) is 11.3 Å². The second-order valence-corrected chi connectivity index (χ2v) is 6.66. The van der Waals surface area contributed by atoms with Crippen LogP contribution in [0.5, 0.6) is 0 Å². The number of likely N-dealkylation sites (tertiary alicyclic amines) is 1. The Morgan fingerprint density at radius 2 is 1.87 bits per heavy atom. The zero-order chi connectivity index (χ0) is 15.8. The molecule has 6 heteroatoms. The number of rotatable bonds is 3. The second-order valence-electron chi connectivity index (χ2n) is 6.25. The fourth-order valence-corrected chi connectivity index (χ4v) is 3.51. The first-order valence-corrected chi connectivity index (χ1v) is 8.34. The molecule has 1 aromatic carbocycles. The number of halogens is 1. The van der Waals surface area contributed by atoms with E-state index in [1.54, 1.807) is 0 Å². The van der Waals surface area contributed by atoms with E-state index in [1.165, 1.54) is 0 Å². The summed E-state index contributed by atoms with van der Waals surface area (Å²) in [5.41, 5.74) is 1.69. The van der Waals surface area contributed by atoms with Gasteiger partial charge in [0.25, 0.3) is 0 Å². The van der Waals surface area contributed by atoms with Crippen LogP contribution >= 0.6 is 11.6 Å². The molecule has 0 saturated carbocycles. The summed E-state index contributed by atoms with van der Waals surface area (Å²) in [6.45, 7) is 3.70. The molecule has 0 unspecified atom stereocenters. The zero-order valence-corrected chi connectivity index (χ0v) is 13.5. The molecule has 2 fully saturated rings. The van der Waals surface area contributed by atoms with Crippen molar-refractivity contribution in [3.05, 3.63) is 41.4 Å². The van der Waals surface area contributed by atoms with Gasteiger partial charge in [-0.1, -0.05) is 29.8 Å². The van der Waals surface area contributed by atoms with Crippen LogP contribution in [0.1, 0.15) is 6.42 Å². The molecule has 1 N–H and O–H groups in total. The third-order valence-corrected chi connectivity index (χ3v) is 5.03. The lowest BCUT2D eigenvalue weighted by molar-refractivity contribution is 0.147. The number of hydrogen-bond acceptors (Lipinski definition) is 5. The fourth-order valence-electron chi connectivity index (χ4n) is 3.28. The van der Waals surface area contributed by atoms with Gasteiger partial charge in [-0.25, -0.2) is 0 Å². The number of benzene rings is 1. The summed E-state index contributed by atoms with van der Waals surface area (Å²) in [6, 6.07) is 12.2. The lowest BCUT2D eigenvalue weighted by Crippen LogP contribution is -2.59. The van der Waals surface area contributed by atoms with Gasteiger partial charge in [0.05, 0.1) is 16.8 Å². The van der Waals surface area contributed by atoms with Crippen LogP contribution < -0.4 is 4.90 Å². The van der Waals surface area contributed by atoms with Gasteiger partial charge in [-0.15, -0.1) is 10.2 Å². The maximum atomic E-state index is 9.62. The van der Waals surface area contributed by atoms with Crippen molar-refractivity contribution in [3.63, 3.8) is 0 Å². The highest BCUT2D eigenvalue weighted by molar-refractivity contribution is 6.33. The molecular weight excluding hydrogens is 312 g/mol. The van der Waals surface area contributed by atoms with Gasteiger partial charge in [-0.3, -0.25) is 4.90 Å². The predicted molar refractivity (Wildman–Crippen MR) is 90.7 cm³/mol. The highest BCUT2D eigenvalue weighted by Gasteiger charge is 2.36. The number of β-amino-alcohol motifs (C(OH)–C–C–N with tert-alkyl or cyclic N) is 1. The first kappa shape index (κ1) is 14.9. The summed E-state index contributed by atoms with van der Waals surface area (Å²) in [7, 11) is 0. The Labute approximate surface area is 140 Å². The molecule has 0 aliphatic carbocycles. The molecule has 2 aliphatic rings. The standard InChI is InChI=1S/C17H19ClN4O/c18-15-4-2-1-3-14(15)16-5-6-17(20-19-16)22-9-12(10-22)21-8-7-13(23)11-21/h1-6,12-13,23H,7-11H2/t13-/m1/s1. The third-order valence-electron chi connectivity index (χ3n) is 4.70. The van der Waals surface area contributed by atoms with Gasteiger partial charge in [-0.2, -0.15) is 0 Å². The Kier molecular flexibility index (Phi) is 3.93. The average Bonchev–Trinajstić information content (AvgIpc) is 2.93. The molecule has 0 bridgehead atoms. The summed E-state index contributed by atoms with van der Waals surface area (Å²) in [5, 5.41) is 19.0. The van der Waals surface area contributed by atoms with E-state index >= 15 is 0 Å². The van der Waals surface area contributed by atoms with Crippen molar-refractivity contribution >= 4 is 17.4 Å². The van der Waals surface area contributed by atoms with Crippen LogP contribution in [0.25, 0.3) is 11.3 Å². The van der Waals surface area contributed by atoms with Crippen LogP contribution in [0.2, 0.25) is 5.02 Å². The molecular formula is C17H19ClN4O. The van der Waals surface area contributed by atoms with E-state index in [2.05, 4.69) is 20.0 Å². The summed E-state index contributed by atoms with van der Waals surface area (Å²) in [4.78, 5) is 4.59. The number of aliphatic hydroxyl groups is 1. The highest BCUT2D eigenvalue weighted by atomic mass is 35.5. The molecule has 23 heavy (non-hydrogen) atoms. The van der Waals surface area contributed by atoms with Crippen molar-refractivity contribution in [1.29, 1.82) is 0 Å². The maximum absolute atomic E-state index is 9.62. The van der Waals surface area contributed by atoms with Gasteiger partial charge in [0.1, 0.15) is 0 Å². The van der Waals surface area contributed by atoms with E-state index < -0.39 is 0 Å². The van der Waals surface area contributed by atoms with E-state index in [-0.39, 0.29) is 6.10 Å². The molecule has 0 spiro atoms. The Morgan fingerprint density at radius 3 is 2.52 bits per heavy atom. The van der Waals surface area contributed by atoms with Crippen molar-refractivity contribution in [2.24, 2.45) is 0 Å². The molecule has 1 aromatic heterocycles. The number of aliphatic hydroxyl groups excluding tert-OH is 1. The number of nitrogens with zero attached hydrogens (tertiary/aromatic N) is 4. The second kappa shape index (κ2) is 6.07. The van der Waals surface area contributed by atoms with Crippen molar-refractivity contribution < 1.29 is 5.11 Å². The topological polar surface area (TPSA) is 52.5 Å². The number of aromatic nitrogens is 2. The number of hydrogen-bond donors (Lipinski definition) is 1. The average molecular weight is 331 g/mol. The molecule has 4 rings (SSSR count). The van der Waals surface area contributed by atoms with Gasteiger partial charge in [0, 0.05) is 37.8 Å². The largest absolute Gasteiger partial charge is 0.392 e. The Bertz CT molecular complexity index is 687. The summed E-state index contributed by atoms with van der Waals surface area (Å²) in [6.07, 6.45) is 0.738. The lowest BCUT2D eigenvalue weighted by Gasteiger charge is -2.44. The smallest absolute Gasteiger partial charge is 0.151 e. The number of anilines is 1. The molecule has 1 atom stereocenters. The van der Waals surface area contributed by atoms with Crippen molar-refractivity contribution in [2.45, 2.75) is 18.6 Å². The zero-order valence-electron chi connectivity index (χ0n) is 12.8. The summed E-state index contributed by atoms with van der Waals surface area (Å²) >= 11 is 6.20. The minimum atomic E-state index is -0.154. The molecule has 2 aliphatic heterocycles. The molecule has 120 valence electrons. The van der Waals surface area contributed by atoms with Crippen molar-refractivity contribution in [1.82, 2.24) is 15.1 Å². The fraction of sp³-hybridized carbons (Fsp3) is 0.412. The summed E-state index contributed by atoms with van der Waals surface area (Å²) in [5.74, 6) is 0.900. The molecule has 3 heterocycles. The Hall–Kier alpha value is -1.69. The quantitative estimate of drug-likeness (QED) is 0.933. The van der Waals surface area contributed by atoms with Crippen LogP contribution in [0.4, 0.5) is 5.82 Å². The highest BCUT2D eigenvalue weighted by Crippen LogP contribution is 2.28. The van der Waals surface area contributed by atoms with Gasteiger partial charge in [0.2, 0.25) is 0 Å². The predicted octanol–water partition coefficient (Wildman–Crippen LogP) is 2.05. The van der Waals surface area contributed by atoms with E-state index in [9.17, 15) is 5.11 Å². The molecule has 0 amide bonds. The normalized spacial score (nSPS) is 22.3. The summed E-state index contributed by atoms with van der Waals surface area (Å²) < 4.78 is 0. The van der Waals surface area contributed by atoms with Crippen LogP contribution in [0.3, 0.4) is 0 Å². The van der Waals surface area contributed by atoms with Crippen LogP contribution in [-0.4, -0.2) is 58.5 Å². The van der Waals surface area contributed by atoms with E-state index in [0.717, 1.165) is 49.7 Å². The molecule has 5 nitrogen and oxygen atoms in total. The molecule has 2 aromatic rings. The van der Waals surface area contributed by atoms with E-state index in [0.29, 0.717) is 11.1 Å². The SMILES string of the molecule is O[C@@H]1CCN(C2CN(c3ccc(-c4ccccc4Cl)nn3)C2)C1. The minimum absolute atomic E-state index is 0.154. The van der Waals surface area contributed by atoms with Crippen LogP contribution in [-0.2, 0) is 0 Å². The Balaban J connectivity index is 1.41. The van der Waals surface area contributed by atoms with E-state index in [1.807, 2.05) is 36.4 Å². The maximum Gasteiger partial charge on any atom is 0.151 e. The molecule has 0 radical (unpaired) electrons. The monoisotopic (exact) mass is 330 g/mol. The lowest BCUT2D eigenvalue weighted by atomic mass is 10.1. The third kappa shape index (κ3) is 2.92. The van der Waals surface area contributed by atoms with Crippen molar-refractivity contribution in [2.75, 3.05) is 31.1 Å². The van der Waals surface area contributed by atoms with Gasteiger partial charge in [0.15, 0.2) is 5.82 Å².